The molecule has 0 saturated heterocycles. The van der Waals surface area contributed by atoms with Crippen molar-refractivity contribution < 1.29 is 9.50 Å². The molecule has 0 aliphatic carbocycles. The van der Waals surface area contributed by atoms with Crippen LogP contribution in [-0.2, 0) is 6.42 Å². The van der Waals surface area contributed by atoms with Gasteiger partial charge in [0, 0.05) is 6.54 Å². The van der Waals surface area contributed by atoms with E-state index in [1.54, 1.807) is 12.1 Å². The smallest absolute Gasteiger partial charge is 0.123 e. The fourth-order valence-electron chi connectivity index (χ4n) is 0.976. The van der Waals surface area contributed by atoms with E-state index >= 15 is 0 Å². The molecule has 1 aromatic carbocycles. The Balaban J connectivity index is 2.58. The molecule has 0 bridgehead atoms. The largest absolute Gasteiger partial charge is 0.391 e. The summed E-state index contributed by atoms with van der Waals surface area (Å²) in [5.41, 5.74) is 6.12. The van der Waals surface area contributed by atoms with Crippen LogP contribution in [0.5, 0.6) is 0 Å². The summed E-state index contributed by atoms with van der Waals surface area (Å²) in [6.07, 6.45) is -0.0491. The molecule has 1 rings (SSSR count). The second-order valence-corrected chi connectivity index (χ2v) is 2.72. The minimum atomic E-state index is -0.532. The van der Waals surface area contributed by atoms with Crippen LogP contribution in [-0.4, -0.2) is 17.8 Å². The van der Waals surface area contributed by atoms with E-state index in [0.717, 1.165) is 5.56 Å². The summed E-state index contributed by atoms with van der Waals surface area (Å²) in [4.78, 5) is 0. The normalized spacial score (nSPS) is 12.9. The van der Waals surface area contributed by atoms with Crippen molar-refractivity contribution in [1.29, 1.82) is 0 Å². The third-order valence-corrected chi connectivity index (χ3v) is 1.66. The molecule has 0 radical (unpaired) electrons. The van der Waals surface area contributed by atoms with Gasteiger partial charge in [0.1, 0.15) is 5.82 Å². The van der Waals surface area contributed by atoms with E-state index in [-0.39, 0.29) is 12.4 Å². The van der Waals surface area contributed by atoms with Crippen molar-refractivity contribution >= 4 is 0 Å². The van der Waals surface area contributed by atoms with Crippen molar-refractivity contribution in [1.82, 2.24) is 0 Å². The Morgan fingerprint density at radius 3 is 2.42 bits per heavy atom. The molecule has 0 aliphatic heterocycles. The summed E-state index contributed by atoms with van der Waals surface area (Å²) in [5.74, 6) is -0.263. The van der Waals surface area contributed by atoms with Crippen molar-refractivity contribution in [3.05, 3.63) is 35.6 Å². The lowest BCUT2D eigenvalue weighted by molar-refractivity contribution is 0.183. The zero-order valence-corrected chi connectivity index (χ0v) is 6.70. The fourth-order valence-corrected chi connectivity index (χ4v) is 0.976. The maximum absolute atomic E-state index is 12.4. The molecule has 0 saturated carbocycles. The zero-order valence-electron chi connectivity index (χ0n) is 6.70. The molecule has 1 aromatic rings. The minimum Gasteiger partial charge on any atom is -0.391 e. The second kappa shape index (κ2) is 4.18. The van der Waals surface area contributed by atoms with Crippen LogP contribution in [0.3, 0.4) is 0 Å². The Labute approximate surface area is 70.8 Å². The van der Waals surface area contributed by atoms with E-state index < -0.39 is 6.10 Å². The lowest BCUT2D eigenvalue weighted by atomic mass is 10.1. The molecule has 1 atom stereocenters. The lowest BCUT2D eigenvalue weighted by Gasteiger charge is -2.06. The van der Waals surface area contributed by atoms with Crippen LogP contribution in [0.2, 0.25) is 0 Å². The van der Waals surface area contributed by atoms with Gasteiger partial charge in [0.05, 0.1) is 6.10 Å². The number of rotatable bonds is 3. The van der Waals surface area contributed by atoms with Crippen molar-refractivity contribution in [2.75, 3.05) is 6.54 Å². The molecule has 0 heterocycles. The van der Waals surface area contributed by atoms with Crippen molar-refractivity contribution in [2.45, 2.75) is 12.5 Å². The minimum absolute atomic E-state index is 0.234. The van der Waals surface area contributed by atoms with Crippen LogP contribution < -0.4 is 5.73 Å². The van der Waals surface area contributed by atoms with Crippen molar-refractivity contribution in [3.63, 3.8) is 0 Å². The maximum atomic E-state index is 12.4. The first kappa shape index (κ1) is 9.16. The van der Waals surface area contributed by atoms with E-state index in [9.17, 15) is 4.39 Å². The first-order valence-corrected chi connectivity index (χ1v) is 3.85. The standard InChI is InChI=1S/C9H12FNO/c10-8-3-1-7(2-4-8)5-9(12)6-11/h1-4,9,12H,5-6,11H2/t9-/m1/s1. The molecule has 0 aromatic heterocycles. The van der Waals surface area contributed by atoms with Crippen LogP contribution in [0.4, 0.5) is 4.39 Å². The van der Waals surface area contributed by atoms with Gasteiger partial charge >= 0.3 is 0 Å². The van der Waals surface area contributed by atoms with Gasteiger partial charge in [-0.05, 0) is 24.1 Å². The average Bonchev–Trinajstić information content (AvgIpc) is 2.09. The van der Waals surface area contributed by atoms with Crippen LogP contribution in [0.25, 0.3) is 0 Å². The highest BCUT2D eigenvalue weighted by Crippen LogP contribution is 2.04. The fraction of sp³-hybridized carbons (Fsp3) is 0.333. The monoisotopic (exact) mass is 169 g/mol. The predicted octanol–water partition coefficient (Wildman–Crippen LogP) is 0.688. The topological polar surface area (TPSA) is 46.2 Å². The molecule has 0 spiro atoms. The highest BCUT2D eigenvalue weighted by atomic mass is 19.1. The van der Waals surface area contributed by atoms with Crippen LogP contribution >= 0.6 is 0 Å². The molecule has 66 valence electrons. The summed E-state index contributed by atoms with van der Waals surface area (Å²) in [6.45, 7) is 0.234. The highest BCUT2D eigenvalue weighted by Gasteiger charge is 2.02. The molecular weight excluding hydrogens is 157 g/mol. The van der Waals surface area contributed by atoms with E-state index in [2.05, 4.69) is 0 Å². The molecule has 0 unspecified atom stereocenters. The SMILES string of the molecule is NC[C@H](O)Cc1ccc(F)cc1. The Morgan fingerprint density at radius 1 is 1.33 bits per heavy atom. The molecule has 3 heteroatoms. The van der Waals surface area contributed by atoms with Crippen LogP contribution in [0.15, 0.2) is 24.3 Å². The van der Waals surface area contributed by atoms with Gasteiger partial charge < -0.3 is 10.8 Å². The van der Waals surface area contributed by atoms with Gasteiger partial charge in [-0.3, -0.25) is 0 Å². The quantitative estimate of drug-likeness (QED) is 0.699. The van der Waals surface area contributed by atoms with Gasteiger partial charge in [0.15, 0.2) is 0 Å². The molecule has 0 fully saturated rings. The van der Waals surface area contributed by atoms with Gasteiger partial charge in [-0.15, -0.1) is 0 Å². The number of hydrogen-bond donors (Lipinski definition) is 2. The van der Waals surface area contributed by atoms with Crippen molar-refractivity contribution in [3.8, 4) is 0 Å². The summed E-state index contributed by atoms with van der Waals surface area (Å²) in [7, 11) is 0. The number of nitrogens with two attached hydrogens (primary N) is 1. The third-order valence-electron chi connectivity index (χ3n) is 1.66. The van der Waals surface area contributed by atoms with E-state index in [1.165, 1.54) is 12.1 Å². The number of aliphatic hydroxyl groups excluding tert-OH is 1. The van der Waals surface area contributed by atoms with Gasteiger partial charge in [0.2, 0.25) is 0 Å². The van der Waals surface area contributed by atoms with E-state index in [0.29, 0.717) is 6.42 Å². The number of benzene rings is 1. The first-order valence-electron chi connectivity index (χ1n) is 3.85. The third kappa shape index (κ3) is 2.60. The molecular formula is C9H12FNO. The number of aliphatic hydroxyl groups is 1. The summed E-state index contributed by atoms with van der Waals surface area (Å²) in [6, 6.07) is 6.04. The predicted molar refractivity (Wildman–Crippen MR) is 45.2 cm³/mol. The summed E-state index contributed by atoms with van der Waals surface area (Å²) in [5, 5.41) is 9.16. The maximum Gasteiger partial charge on any atom is 0.123 e. The first-order chi connectivity index (χ1) is 5.72. The molecule has 2 nitrogen and oxygen atoms in total. The second-order valence-electron chi connectivity index (χ2n) is 2.72. The Morgan fingerprint density at radius 2 is 1.92 bits per heavy atom. The molecule has 3 N–H and O–H groups in total. The van der Waals surface area contributed by atoms with Crippen molar-refractivity contribution in [2.24, 2.45) is 5.73 Å². The lowest BCUT2D eigenvalue weighted by Crippen LogP contribution is -2.21. The Bertz CT molecular complexity index is 235. The van der Waals surface area contributed by atoms with Gasteiger partial charge in [-0.25, -0.2) is 4.39 Å². The van der Waals surface area contributed by atoms with E-state index in [1.807, 2.05) is 0 Å². The molecule has 0 aliphatic rings. The highest BCUT2D eigenvalue weighted by molar-refractivity contribution is 5.16. The summed E-state index contributed by atoms with van der Waals surface area (Å²) >= 11 is 0. The van der Waals surface area contributed by atoms with Gasteiger partial charge in [0.25, 0.3) is 0 Å². The molecule has 12 heavy (non-hydrogen) atoms. The van der Waals surface area contributed by atoms with Gasteiger partial charge in [-0.2, -0.15) is 0 Å². The molecule has 0 amide bonds. The number of hydrogen-bond acceptors (Lipinski definition) is 2. The van der Waals surface area contributed by atoms with E-state index in [4.69, 9.17) is 10.8 Å². The zero-order chi connectivity index (χ0) is 8.97. The van der Waals surface area contributed by atoms with Crippen LogP contribution in [0, 0.1) is 5.82 Å². The van der Waals surface area contributed by atoms with Crippen LogP contribution in [0.1, 0.15) is 5.56 Å². The summed E-state index contributed by atoms with van der Waals surface area (Å²) < 4.78 is 12.4. The van der Waals surface area contributed by atoms with Gasteiger partial charge in [-0.1, -0.05) is 12.1 Å². The number of halogens is 1. The Kier molecular flexibility index (Phi) is 3.19. The average molecular weight is 169 g/mol. The Hall–Kier alpha value is -0.930.